The molecule has 0 aliphatic carbocycles. The molecule has 3 nitrogen and oxygen atoms in total. The molecule has 1 rings (SSSR count). The Labute approximate surface area is 116 Å². The van der Waals surface area contributed by atoms with E-state index in [0.717, 1.165) is 5.56 Å². The molecule has 0 heterocycles. The van der Waals surface area contributed by atoms with Crippen LogP contribution >= 0.6 is 7.41 Å². The van der Waals surface area contributed by atoms with Crippen molar-refractivity contribution in [1.29, 1.82) is 0 Å². The zero-order chi connectivity index (χ0) is 14.5. The van der Waals surface area contributed by atoms with Gasteiger partial charge in [0.1, 0.15) is 14.0 Å². The number of amides is 1. The van der Waals surface area contributed by atoms with Gasteiger partial charge in [0, 0.05) is 0 Å². The molecule has 0 fully saturated rings. The van der Waals surface area contributed by atoms with Crippen molar-refractivity contribution >= 4 is 13.5 Å². The summed E-state index contributed by atoms with van der Waals surface area (Å²) in [6, 6.07) is 10.0. The van der Waals surface area contributed by atoms with Crippen molar-refractivity contribution in [3.8, 4) is 0 Å². The van der Waals surface area contributed by atoms with E-state index >= 15 is 0 Å². The molecule has 1 aromatic rings. The second-order valence-electron chi connectivity index (χ2n) is 5.24. The lowest BCUT2D eigenvalue weighted by Gasteiger charge is -2.32. The van der Waals surface area contributed by atoms with E-state index in [2.05, 4.69) is 26.6 Å². The molecule has 0 bridgehead atoms. The summed E-state index contributed by atoms with van der Waals surface area (Å²) in [7, 11) is -1.52. The van der Waals surface area contributed by atoms with Gasteiger partial charge in [-0.25, -0.2) is 4.79 Å². The summed E-state index contributed by atoms with van der Waals surface area (Å²) in [5.74, 6) is 0. The molecular weight excluding hydrogens is 257 g/mol. The fourth-order valence-electron chi connectivity index (χ4n) is 1.99. The Morgan fingerprint density at radius 2 is 1.95 bits per heavy atom. The fourth-order valence-corrected chi connectivity index (χ4v) is 3.71. The SMILES string of the molecule is C=CCOC(=O)N(C(C)c1ccccc1)[P+](C)(C)C. The van der Waals surface area contributed by atoms with Gasteiger partial charge in [-0.3, -0.25) is 0 Å². The summed E-state index contributed by atoms with van der Waals surface area (Å²) >= 11 is 0. The second kappa shape index (κ2) is 6.72. The predicted molar refractivity (Wildman–Crippen MR) is 82.9 cm³/mol. The van der Waals surface area contributed by atoms with Crippen molar-refractivity contribution in [3.63, 3.8) is 0 Å². The standard InChI is InChI=1S/C15H23NO2P/c1-6-12-18-15(17)16(19(3,4)5)13(2)14-10-8-7-9-11-14/h6-11,13H,1,12H2,2-5H3/q+1. The second-order valence-corrected chi connectivity index (χ2v) is 9.55. The Kier molecular flexibility index (Phi) is 5.56. The molecular formula is C15H23NO2P+. The maximum absolute atomic E-state index is 12.2. The molecule has 4 heteroatoms. The third kappa shape index (κ3) is 4.36. The minimum absolute atomic E-state index is 0.00634. The largest absolute Gasteiger partial charge is 0.443 e. The van der Waals surface area contributed by atoms with Crippen LogP contribution in [0.3, 0.4) is 0 Å². The van der Waals surface area contributed by atoms with Gasteiger partial charge in [0.05, 0.1) is 26.0 Å². The van der Waals surface area contributed by atoms with Gasteiger partial charge in [-0.2, -0.15) is 4.67 Å². The van der Waals surface area contributed by atoms with E-state index in [0.29, 0.717) is 0 Å². The van der Waals surface area contributed by atoms with Crippen molar-refractivity contribution < 1.29 is 9.53 Å². The molecule has 104 valence electrons. The van der Waals surface area contributed by atoms with Crippen LogP contribution in [0.2, 0.25) is 0 Å². The Bertz CT molecular complexity index is 426. The van der Waals surface area contributed by atoms with Gasteiger partial charge in [-0.1, -0.05) is 43.0 Å². The minimum Gasteiger partial charge on any atom is -0.443 e. The first-order valence-corrected chi connectivity index (χ1v) is 9.40. The maximum atomic E-state index is 12.2. The maximum Gasteiger partial charge on any atom is 0.442 e. The lowest BCUT2D eigenvalue weighted by atomic mass is 10.1. The van der Waals surface area contributed by atoms with Crippen LogP contribution in [-0.4, -0.2) is 37.4 Å². The van der Waals surface area contributed by atoms with E-state index < -0.39 is 7.41 Å². The molecule has 1 aromatic carbocycles. The zero-order valence-corrected chi connectivity index (χ0v) is 13.1. The van der Waals surface area contributed by atoms with E-state index in [1.807, 2.05) is 41.9 Å². The molecule has 0 spiro atoms. The van der Waals surface area contributed by atoms with Gasteiger partial charge < -0.3 is 4.74 Å². The van der Waals surface area contributed by atoms with Crippen LogP contribution in [0.5, 0.6) is 0 Å². The van der Waals surface area contributed by atoms with Crippen molar-refractivity contribution in [3.05, 3.63) is 48.6 Å². The highest BCUT2D eigenvalue weighted by Crippen LogP contribution is 2.55. The minimum atomic E-state index is -1.52. The predicted octanol–water partition coefficient (Wildman–Crippen LogP) is 4.19. The Hall–Kier alpha value is -1.34. The van der Waals surface area contributed by atoms with Crippen LogP contribution in [0.4, 0.5) is 4.79 Å². The number of ether oxygens (including phenoxy) is 1. The Morgan fingerprint density at radius 1 is 1.37 bits per heavy atom. The topological polar surface area (TPSA) is 29.5 Å². The number of benzene rings is 1. The zero-order valence-electron chi connectivity index (χ0n) is 12.2. The van der Waals surface area contributed by atoms with Crippen LogP contribution in [0.15, 0.2) is 43.0 Å². The van der Waals surface area contributed by atoms with Crippen LogP contribution in [0.25, 0.3) is 0 Å². The lowest BCUT2D eigenvalue weighted by molar-refractivity contribution is 0.129. The smallest absolute Gasteiger partial charge is 0.442 e. The van der Waals surface area contributed by atoms with E-state index in [9.17, 15) is 4.79 Å². The summed E-state index contributed by atoms with van der Waals surface area (Å²) < 4.78 is 7.09. The first-order chi connectivity index (χ1) is 8.88. The van der Waals surface area contributed by atoms with Crippen LogP contribution in [-0.2, 0) is 4.74 Å². The molecule has 1 amide bonds. The van der Waals surface area contributed by atoms with Crippen LogP contribution in [0.1, 0.15) is 18.5 Å². The highest BCUT2D eigenvalue weighted by Gasteiger charge is 2.39. The van der Waals surface area contributed by atoms with Gasteiger partial charge in [0.2, 0.25) is 0 Å². The number of hydrogen-bond donors (Lipinski definition) is 0. The number of carbonyl (C=O) groups is 1. The van der Waals surface area contributed by atoms with Gasteiger partial charge in [0.25, 0.3) is 0 Å². The molecule has 1 unspecified atom stereocenters. The number of rotatable bonds is 5. The molecule has 0 aromatic heterocycles. The molecule has 0 saturated heterocycles. The monoisotopic (exact) mass is 280 g/mol. The first-order valence-electron chi connectivity index (χ1n) is 6.31. The van der Waals surface area contributed by atoms with Crippen molar-refractivity contribution in [2.24, 2.45) is 0 Å². The lowest BCUT2D eigenvalue weighted by Crippen LogP contribution is -2.33. The summed E-state index contributed by atoms with van der Waals surface area (Å²) in [6.07, 6.45) is 1.32. The molecule has 0 aliphatic rings. The summed E-state index contributed by atoms with van der Waals surface area (Å²) in [5, 5.41) is 0. The summed E-state index contributed by atoms with van der Waals surface area (Å²) in [5.41, 5.74) is 1.12. The van der Waals surface area contributed by atoms with E-state index in [1.54, 1.807) is 6.08 Å². The van der Waals surface area contributed by atoms with Crippen molar-refractivity contribution in [1.82, 2.24) is 4.67 Å². The highest BCUT2D eigenvalue weighted by atomic mass is 31.2. The van der Waals surface area contributed by atoms with Crippen LogP contribution < -0.4 is 0 Å². The van der Waals surface area contributed by atoms with Crippen molar-refractivity contribution in [2.75, 3.05) is 26.6 Å². The molecule has 0 saturated carbocycles. The van der Waals surface area contributed by atoms with E-state index in [-0.39, 0.29) is 18.7 Å². The van der Waals surface area contributed by atoms with Gasteiger partial charge >= 0.3 is 6.09 Å². The average Bonchev–Trinajstić information content (AvgIpc) is 2.35. The van der Waals surface area contributed by atoms with Crippen LogP contribution in [0, 0.1) is 0 Å². The van der Waals surface area contributed by atoms with Gasteiger partial charge in [-0.15, -0.1) is 0 Å². The summed E-state index contributed by atoms with van der Waals surface area (Å²) in [4.78, 5) is 12.2. The third-order valence-corrected chi connectivity index (χ3v) is 4.61. The van der Waals surface area contributed by atoms with Crippen molar-refractivity contribution in [2.45, 2.75) is 13.0 Å². The molecule has 0 N–H and O–H groups in total. The highest BCUT2D eigenvalue weighted by molar-refractivity contribution is 7.72. The quantitative estimate of drug-likeness (QED) is 0.597. The number of hydrogen-bond acceptors (Lipinski definition) is 2. The average molecular weight is 280 g/mol. The molecule has 1 atom stereocenters. The van der Waals surface area contributed by atoms with Gasteiger partial charge in [0.15, 0.2) is 0 Å². The van der Waals surface area contributed by atoms with Gasteiger partial charge in [-0.05, 0) is 12.5 Å². The first kappa shape index (κ1) is 15.7. The number of nitrogens with zero attached hydrogens (tertiary/aromatic N) is 1. The third-order valence-electron chi connectivity index (χ3n) is 2.81. The molecule has 19 heavy (non-hydrogen) atoms. The molecule has 0 radical (unpaired) electrons. The number of carbonyl (C=O) groups excluding carboxylic acids is 1. The Balaban J connectivity index is 2.98. The Morgan fingerprint density at radius 3 is 2.42 bits per heavy atom. The van der Waals surface area contributed by atoms with E-state index in [4.69, 9.17) is 4.74 Å². The van der Waals surface area contributed by atoms with E-state index in [1.165, 1.54) is 0 Å². The normalized spacial score (nSPS) is 12.6. The molecule has 0 aliphatic heterocycles. The fraction of sp³-hybridized carbons (Fsp3) is 0.400. The summed E-state index contributed by atoms with van der Waals surface area (Å²) in [6.45, 7) is 12.2.